The fraction of sp³-hybridized carbons (Fsp3) is 0.273. The van der Waals surface area contributed by atoms with Gasteiger partial charge in [0.15, 0.2) is 0 Å². The van der Waals surface area contributed by atoms with Gasteiger partial charge in [-0.1, -0.05) is 12.1 Å². The molecule has 0 aromatic heterocycles. The molecular formula is C11H11F2NO5S. The number of hydrogen-bond acceptors (Lipinski definition) is 4. The lowest BCUT2D eigenvalue weighted by atomic mass is 10.2. The van der Waals surface area contributed by atoms with E-state index in [9.17, 15) is 26.8 Å². The molecule has 9 heteroatoms. The Hall–Kier alpha value is -2.03. The molecule has 0 fully saturated rings. The van der Waals surface area contributed by atoms with Crippen molar-refractivity contribution >= 4 is 27.4 Å². The maximum Gasteiger partial charge on any atom is 0.341 e. The highest BCUT2D eigenvalue weighted by Crippen LogP contribution is 2.26. The molecule has 20 heavy (non-hydrogen) atoms. The number of carboxylic acid groups (broad SMARTS) is 1. The van der Waals surface area contributed by atoms with Crippen LogP contribution in [0.4, 0.5) is 14.5 Å². The van der Waals surface area contributed by atoms with Crippen LogP contribution < -0.4 is 5.32 Å². The zero-order chi connectivity index (χ0) is 15.3. The van der Waals surface area contributed by atoms with Gasteiger partial charge >= 0.3 is 11.7 Å². The third-order valence-corrected chi connectivity index (χ3v) is 3.71. The number of para-hydroxylation sites is 1. The van der Waals surface area contributed by atoms with Gasteiger partial charge < -0.3 is 10.4 Å². The summed E-state index contributed by atoms with van der Waals surface area (Å²) in [6.07, 6.45) is -0.839. The number of carbonyl (C=O) groups is 2. The van der Waals surface area contributed by atoms with Gasteiger partial charge in [0, 0.05) is 6.42 Å². The number of carbonyl (C=O) groups excluding carboxylic acids is 1. The van der Waals surface area contributed by atoms with E-state index >= 15 is 0 Å². The zero-order valence-corrected chi connectivity index (χ0v) is 10.9. The molecule has 0 aliphatic carbocycles. The molecular weight excluding hydrogens is 296 g/mol. The Morgan fingerprint density at radius 3 is 2.35 bits per heavy atom. The van der Waals surface area contributed by atoms with Crippen molar-refractivity contribution in [3.05, 3.63) is 24.3 Å². The van der Waals surface area contributed by atoms with Crippen molar-refractivity contribution in [2.24, 2.45) is 0 Å². The van der Waals surface area contributed by atoms with E-state index in [-0.39, 0.29) is 5.69 Å². The third-order valence-electron chi connectivity index (χ3n) is 2.27. The fourth-order valence-corrected chi connectivity index (χ4v) is 2.23. The minimum atomic E-state index is -4.85. The second-order valence-electron chi connectivity index (χ2n) is 3.74. The van der Waals surface area contributed by atoms with Gasteiger partial charge in [-0.3, -0.25) is 9.59 Å². The van der Waals surface area contributed by atoms with Crippen LogP contribution in [0.25, 0.3) is 0 Å². The second-order valence-corrected chi connectivity index (χ2v) is 5.63. The van der Waals surface area contributed by atoms with Crippen molar-refractivity contribution in [3.8, 4) is 0 Å². The van der Waals surface area contributed by atoms with Gasteiger partial charge in [-0.2, -0.15) is 8.78 Å². The average Bonchev–Trinajstić information content (AvgIpc) is 2.36. The molecule has 6 nitrogen and oxygen atoms in total. The molecule has 110 valence electrons. The summed E-state index contributed by atoms with van der Waals surface area (Å²) in [6, 6.07) is 4.68. The Kier molecular flexibility index (Phi) is 5.14. The number of rotatable bonds is 6. The first-order valence-electron chi connectivity index (χ1n) is 5.38. The predicted molar refractivity (Wildman–Crippen MR) is 65.1 cm³/mol. The van der Waals surface area contributed by atoms with Crippen LogP contribution in [0.5, 0.6) is 0 Å². The zero-order valence-electron chi connectivity index (χ0n) is 10.0. The number of sulfone groups is 1. The van der Waals surface area contributed by atoms with Gasteiger partial charge in [0.25, 0.3) is 0 Å². The summed E-state index contributed by atoms with van der Waals surface area (Å²) in [6.45, 7) is 0. The van der Waals surface area contributed by atoms with Gasteiger partial charge in [0.05, 0.1) is 17.0 Å². The van der Waals surface area contributed by atoms with E-state index < -0.39 is 45.2 Å². The van der Waals surface area contributed by atoms with Crippen LogP contribution >= 0.6 is 0 Å². The molecule has 0 bridgehead atoms. The maximum absolute atomic E-state index is 12.5. The van der Waals surface area contributed by atoms with Crippen LogP contribution in [0.15, 0.2) is 29.2 Å². The van der Waals surface area contributed by atoms with E-state index in [1.54, 1.807) is 0 Å². The Morgan fingerprint density at radius 2 is 1.80 bits per heavy atom. The van der Waals surface area contributed by atoms with Crippen LogP contribution in [-0.4, -0.2) is 31.2 Å². The molecule has 0 heterocycles. The molecule has 0 saturated heterocycles. The SMILES string of the molecule is O=C(O)CCC(=O)Nc1ccccc1S(=O)(=O)C(F)F. The predicted octanol–water partition coefficient (Wildman–Crippen LogP) is 1.49. The first-order valence-corrected chi connectivity index (χ1v) is 6.92. The number of hydrogen-bond donors (Lipinski definition) is 2. The van der Waals surface area contributed by atoms with Crippen LogP contribution in [0, 0.1) is 0 Å². The highest BCUT2D eigenvalue weighted by Gasteiger charge is 2.29. The van der Waals surface area contributed by atoms with Gasteiger partial charge in [0.1, 0.15) is 0 Å². The largest absolute Gasteiger partial charge is 0.481 e. The molecule has 0 aliphatic heterocycles. The first-order chi connectivity index (χ1) is 9.25. The summed E-state index contributed by atoms with van der Waals surface area (Å²) in [7, 11) is -4.85. The lowest BCUT2D eigenvalue weighted by molar-refractivity contribution is -0.138. The summed E-state index contributed by atoms with van der Waals surface area (Å²) in [5, 5.41) is 10.5. The molecule has 0 radical (unpaired) electrons. The van der Waals surface area contributed by atoms with E-state index in [1.165, 1.54) is 12.1 Å². The number of halogens is 2. The molecule has 1 amide bonds. The third kappa shape index (κ3) is 3.98. The average molecular weight is 307 g/mol. The van der Waals surface area contributed by atoms with Crippen molar-refractivity contribution in [1.82, 2.24) is 0 Å². The normalized spacial score (nSPS) is 11.3. The van der Waals surface area contributed by atoms with Crippen molar-refractivity contribution in [3.63, 3.8) is 0 Å². The van der Waals surface area contributed by atoms with E-state index in [1.807, 2.05) is 0 Å². The monoisotopic (exact) mass is 307 g/mol. The molecule has 0 atom stereocenters. The molecule has 0 aliphatic rings. The minimum absolute atomic E-state index is 0.303. The highest BCUT2D eigenvalue weighted by atomic mass is 32.2. The Balaban J connectivity index is 2.98. The fourth-order valence-electron chi connectivity index (χ4n) is 1.35. The summed E-state index contributed by atoms with van der Waals surface area (Å²) in [5.41, 5.74) is -0.303. The first kappa shape index (κ1) is 16.0. The molecule has 0 saturated carbocycles. The van der Waals surface area contributed by atoms with Crippen molar-refractivity contribution in [1.29, 1.82) is 0 Å². The van der Waals surface area contributed by atoms with Crippen LogP contribution in [0.2, 0.25) is 0 Å². The summed E-state index contributed by atoms with van der Waals surface area (Å²) < 4.78 is 47.8. The molecule has 1 rings (SSSR count). The van der Waals surface area contributed by atoms with Crippen molar-refractivity contribution in [2.45, 2.75) is 23.5 Å². The second kappa shape index (κ2) is 6.42. The number of benzene rings is 1. The quantitative estimate of drug-likeness (QED) is 0.829. The highest BCUT2D eigenvalue weighted by molar-refractivity contribution is 7.91. The molecule has 2 N–H and O–H groups in total. The number of aliphatic carboxylic acids is 1. The Labute approximate surface area is 113 Å². The van der Waals surface area contributed by atoms with Gasteiger partial charge in [0.2, 0.25) is 15.7 Å². The number of alkyl halides is 2. The Morgan fingerprint density at radius 1 is 1.20 bits per heavy atom. The van der Waals surface area contributed by atoms with Crippen LogP contribution in [0.3, 0.4) is 0 Å². The summed E-state index contributed by atoms with van der Waals surface area (Å²) in [5.74, 6) is -5.59. The van der Waals surface area contributed by atoms with Gasteiger partial charge in [-0.05, 0) is 12.1 Å². The number of nitrogens with one attached hydrogen (secondary N) is 1. The smallest absolute Gasteiger partial charge is 0.341 e. The van der Waals surface area contributed by atoms with E-state index in [0.29, 0.717) is 0 Å². The molecule has 0 spiro atoms. The van der Waals surface area contributed by atoms with Crippen LogP contribution in [-0.2, 0) is 19.4 Å². The topological polar surface area (TPSA) is 101 Å². The van der Waals surface area contributed by atoms with Gasteiger partial charge in [-0.25, -0.2) is 8.42 Å². The molecule has 0 unspecified atom stereocenters. The standard InChI is InChI=1S/C11H11F2NO5S/c12-11(13)20(18,19)8-4-2-1-3-7(8)14-9(15)5-6-10(16)17/h1-4,11H,5-6H2,(H,14,15)(H,16,17). The van der Waals surface area contributed by atoms with E-state index in [0.717, 1.165) is 12.1 Å². The molecule has 1 aromatic carbocycles. The van der Waals surface area contributed by atoms with Crippen molar-refractivity contribution in [2.75, 3.05) is 5.32 Å². The Bertz CT molecular complexity index is 615. The van der Waals surface area contributed by atoms with Gasteiger partial charge in [-0.15, -0.1) is 0 Å². The van der Waals surface area contributed by atoms with Crippen LogP contribution in [0.1, 0.15) is 12.8 Å². The van der Waals surface area contributed by atoms with E-state index in [4.69, 9.17) is 5.11 Å². The minimum Gasteiger partial charge on any atom is -0.481 e. The van der Waals surface area contributed by atoms with Crippen molar-refractivity contribution < 1.29 is 31.9 Å². The number of anilines is 1. The molecule has 1 aromatic rings. The summed E-state index contributed by atoms with van der Waals surface area (Å²) in [4.78, 5) is 21.0. The lowest BCUT2D eigenvalue weighted by Gasteiger charge is -2.10. The lowest BCUT2D eigenvalue weighted by Crippen LogP contribution is -2.18. The number of carboxylic acids is 1. The maximum atomic E-state index is 12.5. The van der Waals surface area contributed by atoms with E-state index in [2.05, 4.69) is 5.32 Å². The summed E-state index contributed by atoms with van der Waals surface area (Å²) >= 11 is 0. The number of amides is 1.